The van der Waals surface area contributed by atoms with E-state index in [9.17, 15) is 9.59 Å². The van der Waals surface area contributed by atoms with Gasteiger partial charge in [-0.25, -0.2) is 9.59 Å². The first-order valence-electron chi connectivity index (χ1n) is 5.21. The Labute approximate surface area is 87.8 Å². The number of urea groups is 1. The fraction of sp³-hybridized carbons (Fsp3) is 0.778. The molecule has 0 aromatic heterocycles. The third-order valence-corrected chi connectivity index (χ3v) is 3.00. The van der Waals surface area contributed by atoms with Crippen LogP contribution >= 0.6 is 0 Å². The highest BCUT2D eigenvalue weighted by molar-refractivity contribution is 5.76. The highest BCUT2D eigenvalue weighted by Gasteiger charge is 2.32. The number of carbonyl (C=O) groups is 2. The van der Waals surface area contributed by atoms with Gasteiger partial charge in [0.15, 0.2) is 0 Å². The van der Waals surface area contributed by atoms with Crippen molar-refractivity contribution in [1.29, 1.82) is 0 Å². The number of hydrogen-bond acceptors (Lipinski definition) is 2. The fourth-order valence-electron chi connectivity index (χ4n) is 2.22. The molecule has 0 radical (unpaired) electrons. The van der Waals surface area contributed by atoms with Gasteiger partial charge in [0.1, 0.15) is 0 Å². The van der Waals surface area contributed by atoms with E-state index >= 15 is 0 Å². The summed E-state index contributed by atoms with van der Waals surface area (Å²) in [4.78, 5) is 25.3. The summed E-state index contributed by atoms with van der Waals surface area (Å²) in [5.74, 6) is 0. The third-order valence-electron chi connectivity index (χ3n) is 3.00. The Balaban J connectivity index is 1.97. The molecule has 2 rings (SSSR count). The van der Waals surface area contributed by atoms with Crippen LogP contribution in [0, 0.1) is 0 Å². The normalized spacial score (nSPS) is 26.7. The molecule has 2 saturated heterocycles. The van der Waals surface area contributed by atoms with Gasteiger partial charge in [0.05, 0.1) is 6.04 Å². The molecule has 15 heavy (non-hydrogen) atoms. The third kappa shape index (κ3) is 1.98. The van der Waals surface area contributed by atoms with Gasteiger partial charge in [0, 0.05) is 26.2 Å². The fourth-order valence-corrected chi connectivity index (χ4v) is 2.22. The number of piperidine rings is 1. The number of rotatable bonds is 1. The Morgan fingerprint density at radius 1 is 1.47 bits per heavy atom. The highest BCUT2D eigenvalue weighted by atomic mass is 16.4. The number of carboxylic acid groups (broad SMARTS) is 1. The Hall–Kier alpha value is -1.46. The molecule has 84 valence electrons. The van der Waals surface area contributed by atoms with Gasteiger partial charge in [0.2, 0.25) is 0 Å². The summed E-state index contributed by atoms with van der Waals surface area (Å²) in [5, 5.41) is 11.6. The zero-order chi connectivity index (χ0) is 10.8. The minimum absolute atomic E-state index is 0.0531. The topological polar surface area (TPSA) is 72.9 Å². The highest BCUT2D eigenvalue weighted by Crippen LogP contribution is 2.17. The second kappa shape index (κ2) is 3.96. The predicted molar refractivity (Wildman–Crippen MR) is 52.7 cm³/mol. The van der Waals surface area contributed by atoms with Crippen LogP contribution in [0.1, 0.15) is 12.8 Å². The summed E-state index contributed by atoms with van der Waals surface area (Å²) in [5.41, 5.74) is 0. The SMILES string of the molecule is O=C(O)N1CCC[C@@H](N2CCNC2=O)C1. The van der Waals surface area contributed by atoms with Crippen LogP contribution in [0.3, 0.4) is 0 Å². The molecule has 3 amide bonds. The lowest BCUT2D eigenvalue weighted by Gasteiger charge is -2.35. The molecule has 0 aliphatic carbocycles. The van der Waals surface area contributed by atoms with Gasteiger partial charge in [-0.05, 0) is 12.8 Å². The summed E-state index contributed by atoms with van der Waals surface area (Å²) in [6, 6.07) is -0.00964. The van der Waals surface area contributed by atoms with Crippen LogP contribution in [0.15, 0.2) is 0 Å². The first-order valence-corrected chi connectivity index (χ1v) is 5.21. The summed E-state index contributed by atoms with van der Waals surface area (Å²) in [6.45, 7) is 2.39. The van der Waals surface area contributed by atoms with E-state index in [1.807, 2.05) is 0 Å². The van der Waals surface area contributed by atoms with Crippen LogP contribution in [0.2, 0.25) is 0 Å². The van der Waals surface area contributed by atoms with E-state index in [1.165, 1.54) is 4.90 Å². The van der Waals surface area contributed by atoms with Gasteiger partial charge in [-0.15, -0.1) is 0 Å². The monoisotopic (exact) mass is 213 g/mol. The van der Waals surface area contributed by atoms with Gasteiger partial charge >= 0.3 is 12.1 Å². The maximum absolute atomic E-state index is 11.4. The molecule has 6 heteroatoms. The zero-order valence-electron chi connectivity index (χ0n) is 8.48. The zero-order valence-corrected chi connectivity index (χ0v) is 8.48. The van der Waals surface area contributed by atoms with Crippen molar-refractivity contribution in [1.82, 2.24) is 15.1 Å². The standard InChI is InChI=1S/C9H15N3O3/c13-8-10-3-5-12(8)7-2-1-4-11(6-7)9(14)15/h7H,1-6H2,(H,10,13)(H,14,15)/t7-/m1/s1. The van der Waals surface area contributed by atoms with Crippen molar-refractivity contribution in [3.8, 4) is 0 Å². The summed E-state index contributed by atoms with van der Waals surface area (Å²) < 4.78 is 0. The molecule has 0 bridgehead atoms. The lowest BCUT2D eigenvalue weighted by molar-refractivity contribution is 0.103. The Bertz CT molecular complexity index is 282. The maximum atomic E-state index is 11.4. The summed E-state index contributed by atoms with van der Waals surface area (Å²) >= 11 is 0. The van der Waals surface area contributed by atoms with Crippen molar-refractivity contribution in [2.75, 3.05) is 26.2 Å². The van der Waals surface area contributed by atoms with Crippen molar-refractivity contribution < 1.29 is 14.7 Å². The molecule has 0 spiro atoms. The number of carbonyl (C=O) groups excluding carboxylic acids is 1. The van der Waals surface area contributed by atoms with Crippen LogP contribution in [0.5, 0.6) is 0 Å². The molecule has 1 atom stereocenters. The van der Waals surface area contributed by atoms with Gasteiger partial charge < -0.3 is 20.2 Å². The average Bonchev–Trinajstić information content (AvgIpc) is 2.64. The van der Waals surface area contributed by atoms with Gasteiger partial charge in [-0.3, -0.25) is 0 Å². The molecule has 0 unspecified atom stereocenters. The number of likely N-dealkylation sites (tertiary alicyclic amines) is 1. The Morgan fingerprint density at radius 3 is 2.87 bits per heavy atom. The van der Waals surface area contributed by atoms with Crippen LogP contribution in [0.4, 0.5) is 9.59 Å². The van der Waals surface area contributed by atoms with Gasteiger partial charge in [-0.1, -0.05) is 0 Å². The molecule has 2 aliphatic heterocycles. The maximum Gasteiger partial charge on any atom is 0.407 e. The number of amides is 3. The molecule has 2 fully saturated rings. The lowest BCUT2D eigenvalue weighted by atomic mass is 10.1. The molecular weight excluding hydrogens is 198 g/mol. The molecule has 0 aromatic carbocycles. The number of hydrogen-bond donors (Lipinski definition) is 2. The summed E-state index contributed by atoms with van der Waals surface area (Å²) in [7, 11) is 0. The predicted octanol–water partition coefficient (Wildman–Crippen LogP) is 0.154. The van der Waals surface area contributed by atoms with Gasteiger partial charge in [-0.2, -0.15) is 0 Å². The van der Waals surface area contributed by atoms with E-state index < -0.39 is 6.09 Å². The first kappa shape index (κ1) is 10.1. The minimum Gasteiger partial charge on any atom is -0.465 e. The van der Waals surface area contributed by atoms with E-state index in [0.717, 1.165) is 12.8 Å². The lowest BCUT2D eigenvalue weighted by Crippen LogP contribution is -2.50. The van der Waals surface area contributed by atoms with Gasteiger partial charge in [0.25, 0.3) is 0 Å². The first-order chi connectivity index (χ1) is 7.18. The smallest absolute Gasteiger partial charge is 0.407 e. The molecule has 2 aliphatic rings. The average molecular weight is 213 g/mol. The van der Waals surface area contributed by atoms with Crippen LogP contribution < -0.4 is 5.32 Å². The second-order valence-electron chi connectivity index (χ2n) is 3.95. The molecule has 0 saturated carbocycles. The van der Waals surface area contributed by atoms with E-state index in [0.29, 0.717) is 26.2 Å². The van der Waals surface area contributed by atoms with Crippen molar-refractivity contribution in [3.63, 3.8) is 0 Å². The van der Waals surface area contributed by atoms with Crippen molar-refractivity contribution in [2.24, 2.45) is 0 Å². The van der Waals surface area contributed by atoms with E-state index in [4.69, 9.17) is 5.11 Å². The van der Waals surface area contributed by atoms with Crippen LogP contribution in [0.25, 0.3) is 0 Å². The Kier molecular flexibility index (Phi) is 2.66. The van der Waals surface area contributed by atoms with Crippen molar-refractivity contribution in [2.45, 2.75) is 18.9 Å². The number of nitrogens with zero attached hydrogens (tertiary/aromatic N) is 2. The van der Waals surface area contributed by atoms with Crippen LogP contribution in [-0.2, 0) is 0 Å². The van der Waals surface area contributed by atoms with E-state index in [2.05, 4.69) is 5.32 Å². The molecule has 2 N–H and O–H groups in total. The van der Waals surface area contributed by atoms with E-state index in [-0.39, 0.29) is 12.1 Å². The largest absolute Gasteiger partial charge is 0.465 e. The molecule has 2 heterocycles. The Morgan fingerprint density at radius 2 is 2.27 bits per heavy atom. The van der Waals surface area contributed by atoms with Crippen molar-refractivity contribution in [3.05, 3.63) is 0 Å². The number of nitrogens with one attached hydrogen (secondary N) is 1. The quantitative estimate of drug-likeness (QED) is 0.651. The molecule has 0 aromatic rings. The minimum atomic E-state index is -0.890. The molecular formula is C9H15N3O3. The van der Waals surface area contributed by atoms with Crippen LogP contribution in [-0.4, -0.2) is 59.3 Å². The second-order valence-corrected chi connectivity index (χ2v) is 3.95. The molecule has 6 nitrogen and oxygen atoms in total. The van der Waals surface area contributed by atoms with E-state index in [1.54, 1.807) is 4.90 Å². The summed E-state index contributed by atoms with van der Waals surface area (Å²) in [6.07, 6.45) is 0.845. The van der Waals surface area contributed by atoms with Crippen molar-refractivity contribution >= 4 is 12.1 Å².